The van der Waals surface area contributed by atoms with Gasteiger partial charge in [-0.25, -0.2) is 17.7 Å². The predicted octanol–water partition coefficient (Wildman–Crippen LogP) is 1.67. The number of benzene rings is 1. The molecule has 2 aromatic rings. The first-order valence-corrected chi connectivity index (χ1v) is 8.36. The number of carbonyl (C=O) groups excluding carboxylic acids is 1. The smallest absolute Gasteiger partial charge is 0.259 e. The lowest BCUT2D eigenvalue weighted by Gasteiger charge is -2.15. The number of hydrogen-bond acceptors (Lipinski definition) is 5. The van der Waals surface area contributed by atoms with Crippen LogP contribution in [0.3, 0.4) is 0 Å². The number of hydrogen-bond donors (Lipinski definition) is 0. The third kappa shape index (κ3) is 3.12. The van der Waals surface area contributed by atoms with E-state index in [-0.39, 0.29) is 10.8 Å². The zero-order valence-corrected chi connectivity index (χ0v) is 13.5. The molecule has 0 radical (unpaired) electrons. The van der Waals surface area contributed by atoms with Crippen LogP contribution in [0.1, 0.15) is 10.4 Å². The molecule has 0 aliphatic carbocycles. The van der Waals surface area contributed by atoms with Crippen molar-refractivity contribution in [1.82, 2.24) is 9.29 Å². The monoisotopic (exact) mass is 325 g/mol. The Bertz CT molecular complexity index is 723. The van der Waals surface area contributed by atoms with Gasteiger partial charge in [0.05, 0.1) is 4.90 Å². The minimum absolute atomic E-state index is 0.154. The van der Waals surface area contributed by atoms with Gasteiger partial charge in [0.2, 0.25) is 10.0 Å². The maximum absolute atomic E-state index is 12.3. The Morgan fingerprint density at radius 2 is 1.76 bits per heavy atom. The molecule has 0 N–H and O–H groups in total. The van der Waals surface area contributed by atoms with Gasteiger partial charge in [0, 0.05) is 38.3 Å². The normalized spacial score (nSPS) is 11.6. The van der Waals surface area contributed by atoms with E-state index in [1.54, 1.807) is 18.6 Å². The number of carbonyl (C=O) groups is 1. The second-order valence-corrected chi connectivity index (χ2v) is 7.52. The molecule has 6 nitrogen and oxygen atoms in total. The van der Waals surface area contributed by atoms with E-state index >= 15 is 0 Å². The summed E-state index contributed by atoms with van der Waals surface area (Å²) in [4.78, 5) is 17.9. The number of rotatable bonds is 4. The zero-order chi connectivity index (χ0) is 15.6. The largest absolute Gasteiger partial charge is 0.287 e. The van der Waals surface area contributed by atoms with Crippen LogP contribution in [-0.2, 0) is 10.0 Å². The van der Waals surface area contributed by atoms with Crippen LogP contribution in [0, 0.1) is 0 Å². The van der Waals surface area contributed by atoms with Crippen molar-refractivity contribution in [3.05, 3.63) is 41.4 Å². The molecule has 0 unspecified atom stereocenters. The van der Waals surface area contributed by atoms with Gasteiger partial charge in [-0.15, -0.1) is 11.3 Å². The van der Waals surface area contributed by atoms with Gasteiger partial charge in [-0.05, 0) is 24.3 Å². The Morgan fingerprint density at radius 1 is 1.14 bits per heavy atom. The highest BCUT2D eigenvalue weighted by atomic mass is 32.2. The molecule has 1 aromatic carbocycles. The van der Waals surface area contributed by atoms with Gasteiger partial charge in [-0.1, -0.05) is 0 Å². The summed E-state index contributed by atoms with van der Waals surface area (Å²) in [7, 11) is 1.07. The lowest BCUT2D eigenvalue weighted by Crippen LogP contribution is -2.26. The van der Waals surface area contributed by atoms with Gasteiger partial charge in [0.25, 0.3) is 5.91 Å². The Labute approximate surface area is 127 Å². The predicted molar refractivity (Wildman–Crippen MR) is 82.2 cm³/mol. The van der Waals surface area contributed by atoms with Gasteiger partial charge in [0.1, 0.15) is 0 Å². The summed E-state index contributed by atoms with van der Waals surface area (Å²) in [6, 6.07) is 5.86. The maximum Gasteiger partial charge on any atom is 0.259 e. The van der Waals surface area contributed by atoms with Crippen molar-refractivity contribution >= 4 is 32.4 Å². The van der Waals surface area contributed by atoms with Gasteiger partial charge >= 0.3 is 0 Å². The van der Waals surface area contributed by atoms with Crippen molar-refractivity contribution in [2.24, 2.45) is 0 Å². The molecular weight excluding hydrogens is 310 g/mol. The second-order valence-electron chi connectivity index (χ2n) is 4.49. The van der Waals surface area contributed by atoms with Crippen LogP contribution in [0.25, 0.3) is 0 Å². The van der Waals surface area contributed by atoms with Crippen LogP contribution >= 0.6 is 11.3 Å². The Kier molecular flexibility index (Phi) is 4.40. The molecule has 21 heavy (non-hydrogen) atoms. The molecule has 0 spiro atoms. The second kappa shape index (κ2) is 5.92. The van der Waals surface area contributed by atoms with Crippen molar-refractivity contribution in [3.63, 3.8) is 0 Å². The highest BCUT2D eigenvalue weighted by molar-refractivity contribution is 7.89. The first-order valence-electron chi connectivity index (χ1n) is 6.04. The van der Waals surface area contributed by atoms with E-state index in [4.69, 9.17) is 0 Å². The number of aromatic nitrogens is 1. The summed E-state index contributed by atoms with van der Waals surface area (Å²) in [6.45, 7) is 0. The maximum atomic E-state index is 12.3. The van der Waals surface area contributed by atoms with E-state index in [1.807, 2.05) is 0 Å². The summed E-state index contributed by atoms with van der Waals surface area (Å²) >= 11 is 1.36. The van der Waals surface area contributed by atoms with E-state index < -0.39 is 10.0 Å². The first kappa shape index (κ1) is 15.6. The topological polar surface area (TPSA) is 70.6 Å². The quantitative estimate of drug-likeness (QED) is 0.857. The molecule has 0 saturated heterocycles. The van der Waals surface area contributed by atoms with Crippen molar-refractivity contribution in [2.75, 3.05) is 26.0 Å². The number of nitrogens with zero attached hydrogens (tertiary/aromatic N) is 3. The molecule has 2 rings (SSSR count). The summed E-state index contributed by atoms with van der Waals surface area (Å²) in [6.07, 6.45) is 1.62. The standard InChI is InChI=1S/C13H15N3O3S2/c1-15(2)21(18,19)11-6-4-10(5-7-11)12(17)16(3)13-14-8-9-20-13/h4-9H,1-3H3. The van der Waals surface area contributed by atoms with E-state index in [1.165, 1.54) is 54.6 Å². The summed E-state index contributed by atoms with van der Waals surface area (Å²) in [5.41, 5.74) is 0.408. The molecule has 1 heterocycles. The lowest BCUT2D eigenvalue weighted by atomic mass is 10.2. The molecule has 0 saturated carbocycles. The minimum Gasteiger partial charge on any atom is -0.287 e. The molecule has 0 fully saturated rings. The van der Waals surface area contributed by atoms with Crippen LogP contribution in [0.4, 0.5) is 5.13 Å². The Morgan fingerprint density at radius 3 is 2.24 bits per heavy atom. The van der Waals surface area contributed by atoms with Crippen LogP contribution < -0.4 is 4.90 Å². The third-order valence-electron chi connectivity index (χ3n) is 2.89. The molecule has 1 aromatic heterocycles. The number of amides is 1. The molecule has 8 heteroatoms. The molecule has 0 bridgehead atoms. The fraction of sp³-hybridized carbons (Fsp3) is 0.231. The molecule has 0 aliphatic rings. The molecular formula is C13H15N3O3S2. The van der Waals surface area contributed by atoms with Gasteiger partial charge in [-0.3, -0.25) is 9.69 Å². The van der Waals surface area contributed by atoms with Crippen LogP contribution in [0.2, 0.25) is 0 Å². The summed E-state index contributed by atoms with van der Waals surface area (Å²) in [5, 5.41) is 2.37. The van der Waals surface area contributed by atoms with Crippen molar-refractivity contribution in [3.8, 4) is 0 Å². The van der Waals surface area contributed by atoms with Crippen molar-refractivity contribution < 1.29 is 13.2 Å². The van der Waals surface area contributed by atoms with E-state index in [0.29, 0.717) is 10.7 Å². The summed E-state index contributed by atoms with van der Waals surface area (Å²) < 4.78 is 25.0. The fourth-order valence-electron chi connectivity index (χ4n) is 1.64. The zero-order valence-electron chi connectivity index (χ0n) is 11.8. The Balaban J connectivity index is 2.26. The average molecular weight is 325 g/mol. The lowest BCUT2D eigenvalue weighted by molar-refractivity contribution is 0.0993. The van der Waals surface area contributed by atoms with E-state index in [0.717, 1.165) is 4.31 Å². The number of sulfonamides is 1. The number of anilines is 1. The molecule has 112 valence electrons. The van der Waals surface area contributed by atoms with Crippen LogP contribution in [-0.4, -0.2) is 44.8 Å². The van der Waals surface area contributed by atoms with Gasteiger partial charge in [-0.2, -0.15) is 0 Å². The highest BCUT2D eigenvalue weighted by Crippen LogP contribution is 2.19. The van der Waals surface area contributed by atoms with E-state index in [2.05, 4.69) is 4.98 Å². The highest BCUT2D eigenvalue weighted by Gasteiger charge is 2.19. The van der Waals surface area contributed by atoms with E-state index in [9.17, 15) is 13.2 Å². The minimum atomic E-state index is -3.48. The van der Waals surface area contributed by atoms with Gasteiger partial charge < -0.3 is 0 Å². The van der Waals surface area contributed by atoms with Crippen molar-refractivity contribution in [2.45, 2.75) is 4.90 Å². The van der Waals surface area contributed by atoms with Crippen LogP contribution in [0.5, 0.6) is 0 Å². The molecule has 0 aliphatic heterocycles. The first-order chi connectivity index (χ1) is 9.84. The SMILES string of the molecule is CN(C(=O)c1ccc(S(=O)(=O)N(C)C)cc1)c1nccs1. The number of thiazole rings is 1. The van der Waals surface area contributed by atoms with Crippen molar-refractivity contribution in [1.29, 1.82) is 0 Å². The Hall–Kier alpha value is -1.77. The van der Waals surface area contributed by atoms with Gasteiger partial charge in [0.15, 0.2) is 5.13 Å². The third-order valence-corrected chi connectivity index (χ3v) is 5.57. The molecule has 0 atom stereocenters. The fourth-order valence-corrected chi connectivity index (χ4v) is 3.15. The average Bonchev–Trinajstić information content (AvgIpc) is 3.00. The molecule has 1 amide bonds. The summed E-state index contributed by atoms with van der Waals surface area (Å²) in [5.74, 6) is -0.237. The van der Waals surface area contributed by atoms with Crippen LogP contribution in [0.15, 0.2) is 40.7 Å².